The van der Waals surface area contributed by atoms with Crippen molar-refractivity contribution in [1.29, 1.82) is 0 Å². The molecule has 0 aliphatic heterocycles. The molecule has 0 saturated heterocycles. The van der Waals surface area contributed by atoms with Crippen molar-refractivity contribution in [2.24, 2.45) is 0 Å². The van der Waals surface area contributed by atoms with Gasteiger partial charge in [-0.1, -0.05) is 6.58 Å². The Labute approximate surface area is 69.4 Å². The largest absolute Gasteiger partial charge is 0.306 e. The number of allylic oxidation sites excluding steroid dienone is 1. The Morgan fingerprint density at radius 3 is 2.27 bits per heavy atom. The second-order valence-electron chi connectivity index (χ2n) is 3.48. The summed E-state index contributed by atoms with van der Waals surface area (Å²) in [5.74, 6) is 0. The lowest BCUT2D eigenvalue weighted by atomic mass is 9.91. The highest BCUT2D eigenvalue weighted by atomic mass is 15.1. The van der Waals surface area contributed by atoms with Crippen molar-refractivity contribution >= 4 is 0 Å². The molecule has 0 aromatic rings. The monoisotopic (exact) mass is 151 g/mol. The maximum Gasteiger partial charge on any atom is 0.00957 e. The Balaban J connectivity index is 2.42. The van der Waals surface area contributed by atoms with Crippen LogP contribution < -0.4 is 0 Å². The van der Waals surface area contributed by atoms with Crippen LogP contribution in [0.2, 0.25) is 0 Å². The zero-order chi connectivity index (χ0) is 8.27. The highest BCUT2D eigenvalue weighted by molar-refractivity contribution is 5.03. The van der Waals surface area contributed by atoms with Gasteiger partial charge < -0.3 is 4.90 Å². The summed E-state index contributed by atoms with van der Waals surface area (Å²) in [6.07, 6.45) is 4.97. The van der Waals surface area contributed by atoms with Crippen LogP contribution in [0.4, 0.5) is 0 Å². The fraction of sp³-hybridized carbons (Fsp3) is 0.700. The van der Waals surface area contributed by atoms with Gasteiger partial charge in [-0.15, -0.1) is 5.73 Å². The molecule has 0 heterocycles. The number of nitrogens with zero attached hydrogens (tertiary/aromatic N) is 1. The Morgan fingerprint density at radius 1 is 1.36 bits per heavy atom. The first-order chi connectivity index (χ1) is 5.24. The zero-order valence-corrected chi connectivity index (χ0v) is 7.56. The minimum absolute atomic E-state index is 0.784. The topological polar surface area (TPSA) is 3.24 Å². The van der Waals surface area contributed by atoms with Crippen molar-refractivity contribution < 1.29 is 0 Å². The van der Waals surface area contributed by atoms with E-state index in [0.29, 0.717) is 0 Å². The van der Waals surface area contributed by atoms with E-state index in [4.69, 9.17) is 0 Å². The molecule has 0 atom stereocenters. The van der Waals surface area contributed by atoms with Crippen molar-refractivity contribution in [1.82, 2.24) is 4.90 Å². The van der Waals surface area contributed by atoms with E-state index in [0.717, 1.165) is 6.04 Å². The van der Waals surface area contributed by atoms with Crippen LogP contribution in [0.1, 0.15) is 25.7 Å². The number of hydrogen-bond acceptors (Lipinski definition) is 1. The Bertz CT molecular complexity index is 165. The van der Waals surface area contributed by atoms with Gasteiger partial charge in [0, 0.05) is 6.04 Å². The van der Waals surface area contributed by atoms with E-state index in [1.54, 1.807) is 0 Å². The summed E-state index contributed by atoms with van der Waals surface area (Å²) in [7, 11) is 4.32. The summed E-state index contributed by atoms with van der Waals surface area (Å²) in [6.45, 7) is 3.68. The first-order valence-electron chi connectivity index (χ1n) is 4.28. The second-order valence-corrected chi connectivity index (χ2v) is 3.48. The van der Waals surface area contributed by atoms with Crippen LogP contribution in [-0.2, 0) is 0 Å². The van der Waals surface area contributed by atoms with Crippen molar-refractivity contribution in [2.45, 2.75) is 31.7 Å². The van der Waals surface area contributed by atoms with E-state index in [1.807, 2.05) is 0 Å². The van der Waals surface area contributed by atoms with E-state index >= 15 is 0 Å². The molecule has 1 aliphatic rings. The molecule has 1 aliphatic carbocycles. The molecule has 62 valence electrons. The van der Waals surface area contributed by atoms with Gasteiger partial charge >= 0.3 is 0 Å². The highest BCUT2D eigenvalue weighted by Crippen LogP contribution is 2.24. The summed E-state index contributed by atoms with van der Waals surface area (Å²) < 4.78 is 0. The molecule has 0 radical (unpaired) electrons. The van der Waals surface area contributed by atoms with Crippen molar-refractivity contribution in [2.75, 3.05) is 14.1 Å². The Morgan fingerprint density at radius 2 is 1.91 bits per heavy atom. The number of rotatable bonds is 1. The summed E-state index contributed by atoms with van der Waals surface area (Å²) in [5.41, 5.74) is 4.43. The fourth-order valence-corrected chi connectivity index (χ4v) is 1.64. The lowest BCUT2D eigenvalue weighted by molar-refractivity contribution is 0.249. The molecular formula is C10H17N. The van der Waals surface area contributed by atoms with Crippen LogP contribution in [0.3, 0.4) is 0 Å². The van der Waals surface area contributed by atoms with Crippen molar-refractivity contribution in [3.8, 4) is 0 Å². The minimum atomic E-state index is 0.784. The van der Waals surface area contributed by atoms with Crippen LogP contribution >= 0.6 is 0 Å². The Kier molecular flexibility index (Phi) is 2.92. The molecule has 1 saturated carbocycles. The molecule has 0 spiro atoms. The first-order valence-corrected chi connectivity index (χ1v) is 4.28. The van der Waals surface area contributed by atoms with Gasteiger partial charge in [0.25, 0.3) is 0 Å². The van der Waals surface area contributed by atoms with E-state index in [1.165, 1.54) is 31.3 Å². The quantitative estimate of drug-likeness (QED) is 0.519. The summed E-state index contributed by atoms with van der Waals surface area (Å²) in [6, 6.07) is 0.784. The predicted octanol–water partition coefficient (Wildman–Crippen LogP) is 2.20. The standard InChI is InChI=1S/C10H17N/c1-4-9-5-7-10(8-6-9)11(2)3/h10H,1,5-8H2,2-3H3. The molecule has 0 unspecified atom stereocenters. The van der Waals surface area contributed by atoms with Gasteiger partial charge in [-0.3, -0.25) is 0 Å². The SMILES string of the molecule is C=C=C1CCC(N(C)C)CC1. The van der Waals surface area contributed by atoms with Gasteiger partial charge in [-0.25, -0.2) is 0 Å². The van der Waals surface area contributed by atoms with E-state index < -0.39 is 0 Å². The maximum atomic E-state index is 3.68. The lowest BCUT2D eigenvalue weighted by Gasteiger charge is -2.28. The third-order valence-corrected chi connectivity index (χ3v) is 2.54. The van der Waals surface area contributed by atoms with Gasteiger partial charge in [0.05, 0.1) is 0 Å². The molecule has 0 aromatic carbocycles. The predicted molar refractivity (Wildman–Crippen MR) is 48.6 cm³/mol. The van der Waals surface area contributed by atoms with Crippen LogP contribution in [0, 0.1) is 0 Å². The van der Waals surface area contributed by atoms with E-state index in [9.17, 15) is 0 Å². The molecular weight excluding hydrogens is 134 g/mol. The third-order valence-electron chi connectivity index (χ3n) is 2.54. The van der Waals surface area contributed by atoms with E-state index in [-0.39, 0.29) is 0 Å². The maximum absolute atomic E-state index is 3.68. The molecule has 1 nitrogen and oxygen atoms in total. The number of hydrogen-bond donors (Lipinski definition) is 0. The van der Waals surface area contributed by atoms with Crippen molar-refractivity contribution in [3.63, 3.8) is 0 Å². The summed E-state index contributed by atoms with van der Waals surface area (Å²) in [4.78, 5) is 2.32. The zero-order valence-electron chi connectivity index (χ0n) is 7.56. The van der Waals surface area contributed by atoms with Gasteiger partial charge in [0.2, 0.25) is 0 Å². The van der Waals surface area contributed by atoms with Crippen LogP contribution in [-0.4, -0.2) is 25.0 Å². The second kappa shape index (κ2) is 3.75. The molecule has 1 rings (SSSR count). The molecule has 0 aromatic heterocycles. The average molecular weight is 151 g/mol. The van der Waals surface area contributed by atoms with Gasteiger partial charge in [0.1, 0.15) is 0 Å². The average Bonchev–Trinajstić information content (AvgIpc) is 2.05. The molecule has 0 amide bonds. The molecule has 11 heavy (non-hydrogen) atoms. The van der Waals surface area contributed by atoms with Gasteiger partial charge in [-0.2, -0.15) is 0 Å². The lowest BCUT2D eigenvalue weighted by Crippen LogP contribution is -2.30. The molecule has 1 heteroatoms. The normalized spacial score (nSPS) is 25.4. The minimum Gasteiger partial charge on any atom is -0.306 e. The van der Waals surface area contributed by atoms with E-state index in [2.05, 4.69) is 31.3 Å². The van der Waals surface area contributed by atoms with Crippen LogP contribution in [0.5, 0.6) is 0 Å². The smallest absolute Gasteiger partial charge is 0.00957 e. The highest BCUT2D eigenvalue weighted by Gasteiger charge is 2.17. The van der Waals surface area contributed by atoms with Gasteiger partial charge in [0.15, 0.2) is 0 Å². The van der Waals surface area contributed by atoms with Gasteiger partial charge in [-0.05, 0) is 45.4 Å². The molecule has 0 bridgehead atoms. The summed E-state index contributed by atoms with van der Waals surface area (Å²) in [5, 5.41) is 0. The van der Waals surface area contributed by atoms with Crippen LogP contribution in [0.25, 0.3) is 0 Å². The Hall–Kier alpha value is -0.520. The molecule has 0 N–H and O–H groups in total. The third kappa shape index (κ3) is 2.21. The fourth-order valence-electron chi connectivity index (χ4n) is 1.64. The van der Waals surface area contributed by atoms with Crippen molar-refractivity contribution in [3.05, 3.63) is 17.9 Å². The molecule has 1 fully saturated rings. The van der Waals surface area contributed by atoms with Crippen LogP contribution in [0.15, 0.2) is 17.9 Å². The summed E-state index contributed by atoms with van der Waals surface area (Å²) >= 11 is 0. The first kappa shape index (κ1) is 8.58.